The molecule has 1 aliphatic rings. The normalized spacial score (nSPS) is 21.4. The van der Waals surface area contributed by atoms with E-state index in [1.165, 1.54) is 15.7 Å². The first kappa shape index (κ1) is 24.6. The summed E-state index contributed by atoms with van der Waals surface area (Å²) in [5, 5.41) is 36.6. The van der Waals surface area contributed by atoms with E-state index in [2.05, 4.69) is 35.7 Å². The number of aromatic nitrogens is 8. The third-order valence-corrected chi connectivity index (χ3v) is 6.11. The van der Waals surface area contributed by atoms with Crippen molar-refractivity contribution in [3.63, 3.8) is 0 Å². The minimum absolute atomic E-state index is 0.162. The summed E-state index contributed by atoms with van der Waals surface area (Å²) in [5.41, 5.74) is 7.85. The highest BCUT2D eigenvalue weighted by Crippen LogP contribution is 2.38. The Hall–Kier alpha value is -4.08. The highest BCUT2D eigenvalue weighted by Gasteiger charge is 2.47. The van der Waals surface area contributed by atoms with Gasteiger partial charge in [0.2, 0.25) is 11.8 Å². The molecule has 5 N–H and O–H groups in total. The Balaban J connectivity index is 1.34. The van der Waals surface area contributed by atoms with Gasteiger partial charge >= 0.3 is 0 Å². The molecular weight excluding hydrogens is 484 g/mol. The minimum atomic E-state index is -1.30. The molecule has 15 heteroatoms. The molecule has 3 aromatic heterocycles. The molecular formula is C22H28N10O5. The van der Waals surface area contributed by atoms with E-state index in [-0.39, 0.29) is 17.6 Å². The number of hydrogen-bond donors (Lipinski definition) is 4. The molecule has 0 bridgehead atoms. The van der Waals surface area contributed by atoms with Crippen LogP contribution < -0.4 is 20.5 Å². The number of rotatable bonds is 9. The van der Waals surface area contributed by atoms with Crippen molar-refractivity contribution in [1.29, 1.82) is 0 Å². The lowest BCUT2D eigenvalue weighted by Gasteiger charge is -2.16. The molecule has 5 rings (SSSR count). The molecule has 196 valence electrons. The molecule has 0 aliphatic carbocycles. The molecule has 37 heavy (non-hydrogen) atoms. The number of nitrogens with two attached hydrogens (primary N) is 1. The third-order valence-electron chi connectivity index (χ3n) is 6.11. The molecule has 0 unspecified atom stereocenters. The fourth-order valence-electron chi connectivity index (χ4n) is 4.16. The first-order valence-electron chi connectivity index (χ1n) is 11.7. The van der Waals surface area contributed by atoms with Crippen LogP contribution in [0.1, 0.15) is 30.6 Å². The van der Waals surface area contributed by atoms with Crippen molar-refractivity contribution in [2.45, 2.75) is 44.4 Å². The first-order chi connectivity index (χ1) is 17.9. The third kappa shape index (κ3) is 4.59. The molecule has 1 aromatic carbocycles. The van der Waals surface area contributed by atoms with Crippen molar-refractivity contribution in [3.05, 3.63) is 35.9 Å². The second kappa shape index (κ2) is 10.1. The van der Waals surface area contributed by atoms with Crippen molar-refractivity contribution >= 4 is 22.9 Å². The molecule has 15 nitrogen and oxygen atoms in total. The van der Waals surface area contributed by atoms with Crippen LogP contribution in [-0.4, -0.2) is 82.9 Å². The average molecular weight is 513 g/mol. The van der Waals surface area contributed by atoms with E-state index in [9.17, 15) is 10.2 Å². The zero-order valence-corrected chi connectivity index (χ0v) is 20.5. The zero-order valence-electron chi connectivity index (χ0n) is 20.5. The lowest BCUT2D eigenvalue weighted by molar-refractivity contribution is -0.0384. The summed E-state index contributed by atoms with van der Waals surface area (Å²) in [7, 11) is 3.18. The van der Waals surface area contributed by atoms with Crippen LogP contribution >= 0.6 is 0 Å². The number of aliphatic hydroxyl groups is 2. The van der Waals surface area contributed by atoms with Crippen LogP contribution in [0.5, 0.6) is 11.5 Å². The van der Waals surface area contributed by atoms with Gasteiger partial charge in [-0.2, -0.15) is 14.8 Å². The SMILES string of the molecule is CCn1nnc([C@H]2O[C@@H](n3cnc4c(N)nc(NCCc5ccc(OC)c(OC)c5)nc43)[C@H](O)[C@H]2O)n1. The number of aliphatic hydroxyl groups excluding tert-OH is 2. The van der Waals surface area contributed by atoms with Crippen LogP contribution in [0.3, 0.4) is 0 Å². The van der Waals surface area contributed by atoms with E-state index >= 15 is 0 Å². The largest absolute Gasteiger partial charge is 0.493 e. The predicted octanol–water partition coefficient (Wildman–Crippen LogP) is 0.0786. The number of anilines is 2. The number of imidazole rings is 1. The van der Waals surface area contributed by atoms with Gasteiger partial charge in [-0.3, -0.25) is 4.57 Å². The Bertz CT molecular complexity index is 1390. The van der Waals surface area contributed by atoms with E-state index in [4.69, 9.17) is 19.9 Å². The summed E-state index contributed by atoms with van der Waals surface area (Å²) in [6.07, 6.45) is -2.47. The summed E-state index contributed by atoms with van der Waals surface area (Å²) in [5.74, 6) is 1.92. The van der Waals surface area contributed by atoms with Gasteiger partial charge in [-0.05, 0) is 36.3 Å². The number of aryl methyl sites for hydroxylation is 1. The maximum atomic E-state index is 10.8. The highest BCUT2D eigenvalue weighted by atomic mass is 16.6. The molecule has 4 heterocycles. The van der Waals surface area contributed by atoms with E-state index in [0.717, 1.165) is 5.56 Å². The lowest BCUT2D eigenvalue weighted by atomic mass is 10.1. The van der Waals surface area contributed by atoms with Crippen molar-refractivity contribution in [2.75, 3.05) is 31.8 Å². The number of tetrazole rings is 1. The monoisotopic (exact) mass is 512 g/mol. The quantitative estimate of drug-likeness (QED) is 0.236. The Morgan fingerprint density at radius 3 is 2.68 bits per heavy atom. The van der Waals surface area contributed by atoms with Crippen molar-refractivity contribution in [1.82, 2.24) is 39.7 Å². The Morgan fingerprint density at radius 1 is 1.14 bits per heavy atom. The second-order valence-electron chi connectivity index (χ2n) is 8.39. The maximum Gasteiger partial charge on any atom is 0.226 e. The van der Waals surface area contributed by atoms with Crippen LogP contribution in [0.2, 0.25) is 0 Å². The van der Waals surface area contributed by atoms with Gasteiger partial charge in [0, 0.05) is 6.54 Å². The first-order valence-corrected chi connectivity index (χ1v) is 11.7. The molecule has 1 fully saturated rings. The zero-order chi connectivity index (χ0) is 26.1. The van der Waals surface area contributed by atoms with Crippen molar-refractivity contribution in [3.8, 4) is 11.5 Å². The van der Waals surface area contributed by atoms with Gasteiger partial charge in [0.1, 0.15) is 17.7 Å². The summed E-state index contributed by atoms with van der Waals surface area (Å²) < 4.78 is 18.1. The fraction of sp³-hybridized carbons (Fsp3) is 0.455. The van der Waals surface area contributed by atoms with Crippen LogP contribution in [0, 0.1) is 0 Å². The fourth-order valence-corrected chi connectivity index (χ4v) is 4.16. The lowest BCUT2D eigenvalue weighted by Crippen LogP contribution is -2.29. The Morgan fingerprint density at radius 2 is 1.95 bits per heavy atom. The summed E-state index contributed by atoms with van der Waals surface area (Å²) >= 11 is 0. The van der Waals surface area contributed by atoms with E-state index in [0.29, 0.717) is 42.2 Å². The van der Waals surface area contributed by atoms with Gasteiger partial charge in [-0.25, -0.2) is 4.98 Å². The van der Waals surface area contributed by atoms with Gasteiger partial charge in [-0.15, -0.1) is 10.2 Å². The number of fused-ring (bicyclic) bond motifs is 1. The molecule has 1 saturated heterocycles. The van der Waals surface area contributed by atoms with E-state index in [1.54, 1.807) is 14.2 Å². The van der Waals surface area contributed by atoms with Gasteiger partial charge in [0.25, 0.3) is 0 Å². The number of hydrogen-bond acceptors (Lipinski definition) is 13. The molecule has 0 spiro atoms. The smallest absolute Gasteiger partial charge is 0.226 e. The maximum absolute atomic E-state index is 10.8. The molecule has 4 atom stereocenters. The number of benzene rings is 1. The van der Waals surface area contributed by atoms with Crippen molar-refractivity contribution in [2.24, 2.45) is 0 Å². The summed E-state index contributed by atoms with van der Waals surface area (Å²) in [4.78, 5) is 14.5. The summed E-state index contributed by atoms with van der Waals surface area (Å²) in [6.45, 7) is 2.87. The number of methoxy groups -OCH3 is 2. The molecule has 1 aliphatic heterocycles. The highest BCUT2D eigenvalue weighted by molar-refractivity contribution is 5.83. The second-order valence-corrected chi connectivity index (χ2v) is 8.39. The van der Waals surface area contributed by atoms with Gasteiger partial charge in [0.15, 0.2) is 35.3 Å². The molecule has 4 aromatic rings. The van der Waals surface area contributed by atoms with Gasteiger partial charge in [-0.1, -0.05) is 6.07 Å². The number of nitrogen functional groups attached to an aromatic ring is 1. The standard InChI is InChI=1S/C22H28N10O5/c1-4-32-29-19(28-30-32)17-15(33)16(34)21(37-17)31-10-25-14-18(23)26-22(27-20(14)31)24-8-7-11-5-6-12(35-2)13(9-11)36-3/h5-6,9-10,15-17,21,33-34H,4,7-8H2,1-3H3,(H3,23,24,26,27)/t15-,16-,17+,21-/m1/s1. The number of ether oxygens (including phenoxy) is 3. The van der Waals surface area contributed by atoms with Gasteiger partial charge in [0.05, 0.1) is 27.1 Å². The van der Waals surface area contributed by atoms with E-state index in [1.807, 2.05) is 25.1 Å². The average Bonchev–Trinajstić information content (AvgIpc) is 3.62. The molecule has 0 saturated carbocycles. The van der Waals surface area contributed by atoms with Crippen LogP contribution in [0.15, 0.2) is 24.5 Å². The summed E-state index contributed by atoms with van der Waals surface area (Å²) in [6, 6.07) is 5.70. The minimum Gasteiger partial charge on any atom is -0.493 e. The topological polar surface area (TPSA) is 193 Å². The number of nitrogens with one attached hydrogen (secondary N) is 1. The van der Waals surface area contributed by atoms with Crippen LogP contribution in [0.4, 0.5) is 11.8 Å². The van der Waals surface area contributed by atoms with Crippen LogP contribution in [0.25, 0.3) is 11.2 Å². The molecule has 0 amide bonds. The van der Waals surface area contributed by atoms with Gasteiger partial charge < -0.3 is 35.5 Å². The van der Waals surface area contributed by atoms with Crippen LogP contribution in [-0.2, 0) is 17.7 Å². The van der Waals surface area contributed by atoms with Crippen molar-refractivity contribution < 1.29 is 24.4 Å². The Kier molecular flexibility index (Phi) is 6.73. The van der Waals surface area contributed by atoms with E-state index < -0.39 is 24.5 Å². The predicted molar refractivity (Wildman–Crippen MR) is 130 cm³/mol. The molecule has 0 radical (unpaired) electrons. The number of nitrogens with zero attached hydrogens (tertiary/aromatic N) is 8. The Labute approximate surface area is 211 Å².